The molecule has 0 spiro atoms. The summed E-state index contributed by atoms with van der Waals surface area (Å²) in [5.41, 5.74) is 1.23. The van der Waals surface area contributed by atoms with Crippen molar-refractivity contribution in [2.45, 2.75) is 6.92 Å². The Kier molecular flexibility index (Phi) is 3.57. The van der Waals surface area contributed by atoms with Crippen molar-refractivity contribution < 1.29 is 0 Å². The fourth-order valence-electron chi connectivity index (χ4n) is 2.22. The SMILES string of the molecule is Cc1nsc(N2CCN(c3ccc(Cl)cc3)CC2)n1. The minimum atomic E-state index is 0.784. The molecule has 0 aliphatic carbocycles. The van der Waals surface area contributed by atoms with Gasteiger partial charge in [-0.3, -0.25) is 0 Å². The lowest BCUT2D eigenvalue weighted by Crippen LogP contribution is -2.46. The van der Waals surface area contributed by atoms with Crippen LogP contribution in [-0.2, 0) is 0 Å². The third kappa shape index (κ3) is 2.82. The summed E-state index contributed by atoms with van der Waals surface area (Å²) in [5.74, 6) is 0.861. The molecular weight excluding hydrogens is 280 g/mol. The highest BCUT2D eigenvalue weighted by Crippen LogP contribution is 2.22. The van der Waals surface area contributed by atoms with Crippen molar-refractivity contribution in [1.29, 1.82) is 0 Å². The number of aromatic nitrogens is 2. The molecule has 0 radical (unpaired) electrons. The van der Waals surface area contributed by atoms with Gasteiger partial charge in [0.2, 0.25) is 5.13 Å². The lowest BCUT2D eigenvalue weighted by Gasteiger charge is -2.35. The predicted molar refractivity (Wildman–Crippen MR) is 80.5 cm³/mol. The van der Waals surface area contributed by atoms with Crippen LogP contribution in [0.4, 0.5) is 10.8 Å². The first-order valence-corrected chi connectivity index (χ1v) is 7.43. The normalized spacial score (nSPS) is 15.9. The van der Waals surface area contributed by atoms with E-state index in [-0.39, 0.29) is 0 Å². The van der Waals surface area contributed by atoms with Crippen molar-refractivity contribution in [2.24, 2.45) is 0 Å². The quantitative estimate of drug-likeness (QED) is 0.852. The molecule has 3 rings (SSSR count). The number of aryl methyl sites for hydroxylation is 1. The highest BCUT2D eigenvalue weighted by Gasteiger charge is 2.19. The van der Waals surface area contributed by atoms with Crippen LogP contribution in [0.25, 0.3) is 0 Å². The van der Waals surface area contributed by atoms with E-state index in [1.54, 1.807) is 0 Å². The lowest BCUT2D eigenvalue weighted by atomic mass is 10.2. The fraction of sp³-hybridized carbons (Fsp3) is 0.385. The Morgan fingerprint density at radius 2 is 1.68 bits per heavy atom. The number of anilines is 2. The number of piperazine rings is 1. The van der Waals surface area contributed by atoms with Gasteiger partial charge in [-0.25, -0.2) is 4.98 Å². The molecule has 2 heterocycles. The summed E-state index contributed by atoms with van der Waals surface area (Å²) >= 11 is 7.40. The third-order valence-electron chi connectivity index (χ3n) is 3.26. The van der Waals surface area contributed by atoms with Crippen LogP contribution in [0, 0.1) is 6.92 Å². The average molecular weight is 295 g/mol. The van der Waals surface area contributed by atoms with E-state index in [2.05, 4.69) is 31.3 Å². The average Bonchev–Trinajstić information content (AvgIpc) is 2.87. The Balaban J connectivity index is 1.64. The second kappa shape index (κ2) is 5.35. The maximum atomic E-state index is 5.92. The molecule has 0 atom stereocenters. The zero-order valence-corrected chi connectivity index (χ0v) is 12.3. The molecule has 2 aromatic rings. The van der Waals surface area contributed by atoms with Gasteiger partial charge in [0, 0.05) is 48.4 Å². The first kappa shape index (κ1) is 12.7. The van der Waals surface area contributed by atoms with E-state index >= 15 is 0 Å². The van der Waals surface area contributed by atoms with Gasteiger partial charge in [-0.2, -0.15) is 4.37 Å². The Morgan fingerprint density at radius 3 is 2.26 bits per heavy atom. The van der Waals surface area contributed by atoms with Gasteiger partial charge >= 0.3 is 0 Å². The molecule has 1 fully saturated rings. The first-order chi connectivity index (χ1) is 9.22. The van der Waals surface area contributed by atoms with Crippen LogP contribution < -0.4 is 9.80 Å². The summed E-state index contributed by atoms with van der Waals surface area (Å²) in [6.45, 7) is 5.90. The van der Waals surface area contributed by atoms with Crippen molar-refractivity contribution in [1.82, 2.24) is 9.36 Å². The summed E-state index contributed by atoms with van der Waals surface area (Å²) in [4.78, 5) is 9.12. The first-order valence-electron chi connectivity index (χ1n) is 6.28. The topological polar surface area (TPSA) is 32.3 Å². The molecule has 0 N–H and O–H groups in total. The minimum Gasteiger partial charge on any atom is -0.368 e. The molecule has 0 unspecified atom stereocenters. The number of rotatable bonds is 2. The molecule has 1 aromatic carbocycles. The van der Waals surface area contributed by atoms with Crippen LogP contribution in [0.5, 0.6) is 0 Å². The van der Waals surface area contributed by atoms with Gasteiger partial charge in [-0.05, 0) is 31.2 Å². The Bertz CT molecular complexity index is 546. The predicted octanol–water partition coefficient (Wildman–Crippen LogP) is 2.83. The van der Waals surface area contributed by atoms with Crippen LogP contribution in [0.3, 0.4) is 0 Å². The van der Waals surface area contributed by atoms with E-state index in [9.17, 15) is 0 Å². The Hall–Kier alpha value is -1.33. The van der Waals surface area contributed by atoms with Crippen molar-refractivity contribution in [3.05, 3.63) is 35.1 Å². The summed E-state index contributed by atoms with van der Waals surface area (Å²) in [6.07, 6.45) is 0. The Morgan fingerprint density at radius 1 is 1.05 bits per heavy atom. The second-order valence-corrected chi connectivity index (χ2v) is 5.74. The number of benzene rings is 1. The van der Waals surface area contributed by atoms with Crippen LogP contribution in [0.1, 0.15) is 5.82 Å². The molecule has 0 saturated carbocycles. The molecule has 4 nitrogen and oxygen atoms in total. The van der Waals surface area contributed by atoms with Crippen LogP contribution >= 0.6 is 23.1 Å². The molecule has 0 amide bonds. The van der Waals surface area contributed by atoms with E-state index in [0.29, 0.717) is 0 Å². The van der Waals surface area contributed by atoms with Gasteiger partial charge in [0.05, 0.1) is 0 Å². The molecule has 1 aliphatic rings. The standard InChI is InChI=1S/C13H15ClN4S/c1-10-15-13(19-16-10)18-8-6-17(7-9-18)12-4-2-11(14)3-5-12/h2-5H,6-9H2,1H3. The van der Waals surface area contributed by atoms with Gasteiger partial charge < -0.3 is 9.80 Å². The summed E-state index contributed by atoms with van der Waals surface area (Å²) in [5, 5.41) is 1.82. The highest BCUT2D eigenvalue weighted by molar-refractivity contribution is 7.09. The maximum absolute atomic E-state index is 5.92. The summed E-state index contributed by atoms with van der Waals surface area (Å²) in [6, 6.07) is 8.04. The van der Waals surface area contributed by atoms with Crippen molar-refractivity contribution >= 4 is 34.0 Å². The van der Waals surface area contributed by atoms with Gasteiger partial charge in [-0.1, -0.05) is 11.6 Å². The van der Waals surface area contributed by atoms with Gasteiger partial charge in [-0.15, -0.1) is 0 Å². The fourth-order valence-corrected chi connectivity index (χ4v) is 3.07. The number of nitrogens with zero attached hydrogens (tertiary/aromatic N) is 4. The number of hydrogen-bond acceptors (Lipinski definition) is 5. The van der Waals surface area contributed by atoms with Gasteiger partial charge in [0.25, 0.3) is 0 Å². The largest absolute Gasteiger partial charge is 0.368 e. The van der Waals surface area contributed by atoms with Crippen molar-refractivity contribution in [2.75, 3.05) is 36.0 Å². The van der Waals surface area contributed by atoms with E-state index in [1.165, 1.54) is 17.2 Å². The molecular formula is C13H15ClN4S. The lowest BCUT2D eigenvalue weighted by molar-refractivity contribution is 0.651. The van der Waals surface area contributed by atoms with Gasteiger partial charge in [0.1, 0.15) is 5.82 Å². The third-order valence-corrected chi connectivity index (χ3v) is 4.38. The molecule has 100 valence electrons. The molecule has 1 aliphatic heterocycles. The molecule has 6 heteroatoms. The Labute approximate surface area is 121 Å². The zero-order valence-electron chi connectivity index (χ0n) is 10.7. The van der Waals surface area contributed by atoms with Crippen molar-refractivity contribution in [3.8, 4) is 0 Å². The molecule has 1 saturated heterocycles. The highest BCUT2D eigenvalue weighted by atomic mass is 35.5. The second-order valence-electron chi connectivity index (χ2n) is 4.57. The number of halogens is 1. The summed E-state index contributed by atoms with van der Waals surface area (Å²) in [7, 11) is 0. The van der Waals surface area contributed by atoms with E-state index in [1.807, 2.05) is 19.1 Å². The smallest absolute Gasteiger partial charge is 0.205 e. The maximum Gasteiger partial charge on any atom is 0.205 e. The van der Waals surface area contributed by atoms with Crippen LogP contribution in [0.15, 0.2) is 24.3 Å². The van der Waals surface area contributed by atoms with E-state index < -0.39 is 0 Å². The van der Waals surface area contributed by atoms with Crippen molar-refractivity contribution in [3.63, 3.8) is 0 Å². The van der Waals surface area contributed by atoms with Gasteiger partial charge in [0.15, 0.2) is 0 Å². The summed E-state index contributed by atoms with van der Waals surface area (Å²) < 4.78 is 4.24. The zero-order chi connectivity index (χ0) is 13.2. The molecule has 19 heavy (non-hydrogen) atoms. The molecule has 0 bridgehead atoms. The van der Waals surface area contributed by atoms with Crippen LogP contribution in [-0.4, -0.2) is 35.5 Å². The minimum absolute atomic E-state index is 0.784. The monoisotopic (exact) mass is 294 g/mol. The van der Waals surface area contributed by atoms with E-state index in [4.69, 9.17) is 11.6 Å². The van der Waals surface area contributed by atoms with E-state index in [0.717, 1.165) is 42.2 Å². The molecule has 1 aromatic heterocycles. The number of hydrogen-bond donors (Lipinski definition) is 0. The van der Waals surface area contributed by atoms with Crippen LogP contribution in [0.2, 0.25) is 5.02 Å².